The molecular weight excluding hydrogens is 453 g/mol. The zero-order valence-electron chi connectivity index (χ0n) is 16.4. The average Bonchev–Trinajstić information content (AvgIpc) is 3.05. The zero-order chi connectivity index (χ0) is 21.7. The molecule has 0 aromatic heterocycles. The van der Waals surface area contributed by atoms with Gasteiger partial charge in [-0.05, 0) is 46.9 Å². The lowest BCUT2D eigenvalue weighted by molar-refractivity contribution is -0.122. The number of carbonyl (C=O) groups is 2. The molecule has 0 N–H and O–H groups in total. The van der Waals surface area contributed by atoms with Gasteiger partial charge in [0.15, 0.2) is 0 Å². The average molecular weight is 469 g/mol. The quantitative estimate of drug-likeness (QED) is 0.337. The number of amides is 2. The van der Waals surface area contributed by atoms with Crippen molar-refractivity contribution in [3.8, 4) is 0 Å². The molecule has 3 aliphatic carbocycles. The number of imide groups is 1. The van der Waals surface area contributed by atoms with E-state index in [0.29, 0.717) is 10.7 Å². The Morgan fingerprint density at radius 2 is 1.16 bits per heavy atom. The lowest BCUT2D eigenvalue weighted by Gasteiger charge is -2.54. The first-order valence-corrected chi connectivity index (χ1v) is 11.2. The maximum absolute atomic E-state index is 13.8. The standard InChI is InChI=1S/C25H16Cl3NO2/c1-13-10-11-14(12-19(13)26)29-22(30)20-21(23(29)31)25(28)16-7-3-2-6-15(16)24(20,27)17-8-4-5-9-18(17)25/h2-12,20-21H,1H3/t20-,21-,24?,25?/m0/s1. The highest BCUT2D eigenvalue weighted by Gasteiger charge is 2.73. The van der Waals surface area contributed by atoms with E-state index >= 15 is 0 Å². The molecule has 1 heterocycles. The third kappa shape index (κ3) is 2.12. The molecule has 1 saturated heterocycles. The van der Waals surface area contributed by atoms with Gasteiger partial charge in [0, 0.05) is 5.02 Å². The van der Waals surface area contributed by atoms with Crippen LogP contribution in [-0.4, -0.2) is 11.8 Å². The molecule has 0 unspecified atom stereocenters. The van der Waals surface area contributed by atoms with Crippen LogP contribution in [-0.2, 0) is 19.3 Å². The van der Waals surface area contributed by atoms with E-state index in [2.05, 4.69) is 0 Å². The van der Waals surface area contributed by atoms with Gasteiger partial charge >= 0.3 is 0 Å². The Morgan fingerprint density at radius 1 is 0.742 bits per heavy atom. The number of rotatable bonds is 1. The second-order valence-corrected chi connectivity index (χ2v) is 10.0. The van der Waals surface area contributed by atoms with Crippen molar-refractivity contribution in [1.82, 2.24) is 0 Å². The van der Waals surface area contributed by atoms with Crippen LogP contribution in [0.25, 0.3) is 0 Å². The van der Waals surface area contributed by atoms with Crippen molar-refractivity contribution >= 4 is 52.3 Å². The van der Waals surface area contributed by atoms with Gasteiger partial charge in [0.2, 0.25) is 11.8 Å². The number of anilines is 1. The van der Waals surface area contributed by atoms with Crippen LogP contribution in [0, 0.1) is 18.8 Å². The Labute approximate surface area is 194 Å². The summed E-state index contributed by atoms with van der Waals surface area (Å²) in [5.41, 5.74) is 4.46. The normalized spacial score (nSPS) is 30.3. The number of aryl methyl sites for hydroxylation is 1. The van der Waals surface area contributed by atoms with Crippen molar-refractivity contribution in [2.24, 2.45) is 11.8 Å². The van der Waals surface area contributed by atoms with Crippen LogP contribution in [0.15, 0.2) is 66.7 Å². The van der Waals surface area contributed by atoms with Gasteiger partial charge in [-0.25, -0.2) is 4.90 Å². The van der Waals surface area contributed by atoms with Gasteiger partial charge in [-0.2, -0.15) is 0 Å². The van der Waals surface area contributed by atoms with Crippen LogP contribution in [0.2, 0.25) is 5.02 Å². The summed E-state index contributed by atoms with van der Waals surface area (Å²) in [7, 11) is 0. The van der Waals surface area contributed by atoms with Crippen LogP contribution >= 0.6 is 34.8 Å². The minimum Gasteiger partial charge on any atom is -0.274 e. The van der Waals surface area contributed by atoms with Crippen molar-refractivity contribution in [2.75, 3.05) is 4.90 Å². The molecule has 3 aromatic rings. The molecule has 3 nitrogen and oxygen atoms in total. The highest BCUT2D eigenvalue weighted by molar-refractivity contribution is 6.39. The minimum atomic E-state index is -1.18. The van der Waals surface area contributed by atoms with E-state index in [9.17, 15) is 9.59 Å². The zero-order valence-corrected chi connectivity index (χ0v) is 18.7. The van der Waals surface area contributed by atoms with E-state index in [1.807, 2.05) is 55.5 Å². The van der Waals surface area contributed by atoms with Crippen molar-refractivity contribution in [3.63, 3.8) is 0 Å². The van der Waals surface area contributed by atoms with Crippen LogP contribution < -0.4 is 4.90 Å². The fourth-order valence-corrected chi connectivity index (χ4v) is 6.92. The molecule has 2 amide bonds. The smallest absolute Gasteiger partial charge is 0.240 e. The number of alkyl halides is 2. The maximum atomic E-state index is 13.8. The van der Waals surface area contributed by atoms with E-state index in [-0.39, 0.29) is 11.8 Å². The molecule has 2 atom stereocenters. The summed E-state index contributed by atoms with van der Waals surface area (Å²) in [6.07, 6.45) is 0. The van der Waals surface area contributed by atoms with Gasteiger partial charge in [-0.15, -0.1) is 23.2 Å². The first-order valence-electron chi connectivity index (χ1n) is 10.0. The van der Waals surface area contributed by atoms with E-state index < -0.39 is 21.6 Å². The molecule has 6 heteroatoms. The number of hydrogen-bond acceptors (Lipinski definition) is 2. The number of carbonyl (C=O) groups excluding carboxylic acids is 2. The maximum Gasteiger partial charge on any atom is 0.240 e. The first-order chi connectivity index (χ1) is 14.8. The lowest BCUT2D eigenvalue weighted by Crippen LogP contribution is -2.57. The summed E-state index contributed by atoms with van der Waals surface area (Å²) >= 11 is 21.1. The Hall–Kier alpha value is -2.33. The Bertz CT molecular complexity index is 1200. The van der Waals surface area contributed by atoms with Gasteiger partial charge in [-0.1, -0.05) is 66.2 Å². The number of halogens is 3. The van der Waals surface area contributed by atoms with E-state index in [4.69, 9.17) is 34.8 Å². The predicted molar refractivity (Wildman–Crippen MR) is 122 cm³/mol. The lowest BCUT2D eigenvalue weighted by atomic mass is 9.54. The van der Waals surface area contributed by atoms with E-state index in [1.54, 1.807) is 18.2 Å². The fourth-order valence-electron chi connectivity index (χ4n) is 5.64. The molecule has 1 aliphatic heterocycles. The molecular formula is C25H16Cl3NO2. The van der Waals surface area contributed by atoms with Gasteiger partial charge in [0.1, 0.15) is 9.75 Å². The summed E-state index contributed by atoms with van der Waals surface area (Å²) in [6.45, 7) is 1.87. The van der Waals surface area contributed by atoms with Gasteiger partial charge in [0.25, 0.3) is 0 Å². The van der Waals surface area contributed by atoms with Crippen molar-refractivity contribution in [1.29, 1.82) is 0 Å². The SMILES string of the molecule is Cc1ccc(N2C(=O)[C@@H]3[C@@H](C2=O)C2(Cl)c4ccccc4C3(Cl)c3ccccc32)cc1Cl. The van der Waals surface area contributed by atoms with Gasteiger partial charge < -0.3 is 0 Å². The number of benzene rings is 3. The van der Waals surface area contributed by atoms with Crippen LogP contribution in [0.1, 0.15) is 27.8 Å². The number of nitrogens with zero attached hydrogens (tertiary/aromatic N) is 1. The second-order valence-electron chi connectivity index (χ2n) is 8.42. The van der Waals surface area contributed by atoms with Crippen LogP contribution in [0.5, 0.6) is 0 Å². The second kappa shape index (κ2) is 6.13. The molecule has 2 bridgehead atoms. The summed E-state index contributed by atoms with van der Waals surface area (Å²) in [6, 6.07) is 20.4. The van der Waals surface area contributed by atoms with Gasteiger partial charge in [-0.3, -0.25) is 9.59 Å². The summed E-state index contributed by atoms with van der Waals surface area (Å²) in [5.74, 6) is -2.33. The minimum absolute atomic E-state index is 0.348. The molecule has 31 heavy (non-hydrogen) atoms. The third-order valence-electron chi connectivity index (χ3n) is 7.00. The Morgan fingerprint density at radius 3 is 1.55 bits per heavy atom. The summed E-state index contributed by atoms with van der Waals surface area (Å²) < 4.78 is 0. The Balaban J connectivity index is 1.65. The van der Waals surface area contributed by atoms with Crippen LogP contribution in [0.3, 0.4) is 0 Å². The summed E-state index contributed by atoms with van der Waals surface area (Å²) in [4.78, 5) is 26.5. The molecule has 1 fully saturated rings. The molecule has 154 valence electrons. The number of hydrogen-bond donors (Lipinski definition) is 0. The van der Waals surface area contributed by atoms with Crippen molar-refractivity contribution in [2.45, 2.75) is 16.7 Å². The Kier molecular flexibility index (Phi) is 3.83. The summed E-state index contributed by atoms with van der Waals surface area (Å²) in [5, 5.41) is 0.490. The molecule has 7 rings (SSSR count). The third-order valence-corrected chi connectivity index (χ3v) is 8.69. The molecule has 4 aliphatic rings. The van der Waals surface area contributed by atoms with E-state index in [1.165, 1.54) is 4.90 Å². The highest BCUT2D eigenvalue weighted by atomic mass is 35.5. The largest absolute Gasteiger partial charge is 0.274 e. The fraction of sp³-hybridized carbons (Fsp3) is 0.200. The highest BCUT2D eigenvalue weighted by Crippen LogP contribution is 2.69. The molecule has 0 saturated carbocycles. The van der Waals surface area contributed by atoms with E-state index in [0.717, 1.165) is 27.8 Å². The van der Waals surface area contributed by atoms with Crippen molar-refractivity contribution < 1.29 is 9.59 Å². The monoisotopic (exact) mass is 467 g/mol. The predicted octanol–water partition coefficient (Wildman–Crippen LogP) is 5.75. The molecule has 0 radical (unpaired) electrons. The topological polar surface area (TPSA) is 37.4 Å². The van der Waals surface area contributed by atoms with Crippen molar-refractivity contribution in [3.05, 3.63) is 99.6 Å². The first kappa shape index (κ1) is 19.4. The van der Waals surface area contributed by atoms with Crippen LogP contribution in [0.4, 0.5) is 5.69 Å². The van der Waals surface area contributed by atoms with Gasteiger partial charge in [0.05, 0.1) is 17.5 Å². The molecule has 3 aromatic carbocycles. The molecule has 0 spiro atoms.